The number of pyridine rings is 1. The fourth-order valence-corrected chi connectivity index (χ4v) is 5.52. The molecule has 9 nitrogen and oxygen atoms in total. The van der Waals surface area contributed by atoms with E-state index in [4.69, 9.17) is 14.5 Å². The Morgan fingerprint density at radius 1 is 1.09 bits per heavy atom. The number of para-hydroxylation sites is 1. The molecule has 3 N–H and O–H groups in total. The minimum absolute atomic E-state index is 0.0467. The molecular formula is C31H41F3N4O5. The van der Waals surface area contributed by atoms with Gasteiger partial charge in [0, 0.05) is 38.5 Å². The van der Waals surface area contributed by atoms with Crippen molar-refractivity contribution in [1.29, 1.82) is 0 Å². The lowest BCUT2D eigenvalue weighted by atomic mass is 9.78. The number of halogens is 3. The number of aliphatic carboxylic acids is 1. The number of hydrogen-bond donors (Lipinski definition) is 3. The highest BCUT2D eigenvalue weighted by Crippen LogP contribution is 2.46. The number of nitrogens with zero attached hydrogens (tertiary/aromatic N) is 2. The molecule has 1 fully saturated rings. The Morgan fingerprint density at radius 3 is 2.58 bits per heavy atom. The van der Waals surface area contributed by atoms with Gasteiger partial charge in [-0.3, -0.25) is 9.69 Å². The number of ether oxygens (including phenoxy) is 2. The predicted octanol–water partition coefficient (Wildman–Crippen LogP) is 4.46. The van der Waals surface area contributed by atoms with Crippen molar-refractivity contribution in [1.82, 2.24) is 15.2 Å². The van der Waals surface area contributed by atoms with Crippen molar-refractivity contribution >= 4 is 17.7 Å². The molecule has 12 heteroatoms. The van der Waals surface area contributed by atoms with E-state index in [-0.39, 0.29) is 26.2 Å². The molecule has 0 aliphatic carbocycles. The van der Waals surface area contributed by atoms with Crippen molar-refractivity contribution in [2.75, 3.05) is 51.3 Å². The Kier molecular flexibility index (Phi) is 11.6. The maximum Gasteiger partial charge on any atom is 0.403 e. The second kappa shape index (κ2) is 15.4. The molecule has 0 bridgehead atoms. The summed E-state index contributed by atoms with van der Waals surface area (Å²) in [6.07, 6.45) is -1.35. The summed E-state index contributed by atoms with van der Waals surface area (Å²) in [5.41, 5.74) is -0.410. The lowest BCUT2D eigenvalue weighted by Gasteiger charge is -2.38. The van der Waals surface area contributed by atoms with Gasteiger partial charge in [-0.05, 0) is 81.7 Å². The van der Waals surface area contributed by atoms with E-state index in [1.54, 1.807) is 0 Å². The fraction of sp³-hybridized carbons (Fsp3) is 0.581. The first-order valence-corrected chi connectivity index (χ1v) is 15.0. The van der Waals surface area contributed by atoms with Crippen LogP contribution in [0.2, 0.25) is 0 Å². The molecule has 0 spiro atoms. The van der Waals surface area contributed by atoms with Crippen molar-refractivity contribution in [2.24, 2.45) is 5.41 Å². The minimum atomic E-state index is -4.81. The topological polar surface area (TPSA) is 113 Å². The lowest BCUT2D eigenvalue weighted by molar-refractivity contribution is -0.240. The molecule has 1 unspecified atom stereocenters. The number of benzene rings is 1. The van der Waals surface area contributed by atoms with Crippen LogP contribution in [-0.2, 0) is 27.2 Å². The third-order valence-electron chi connectivity index (χ3n) is 8.19. The molecule has 1 amide bonds. The first-order chi connectivity index (χ1) is 20.7. The number of carboxylic acid groups (broad SMARTS) is 1. The summed E-state index contributed by atoms with van der Waals surface area (Å²) < 4.78 is 52.8. The molecular weight excluding hydrogens is 565 g/mol. The van der Waals surface area contributed by atoms with Gasteiger partial charge in [0.2, 0.25) is 5.91 Å². The molecule has 236 valence electrons. The molecule has 43 heavy (non-hydrogen) atoms. The van der Waals surface area contributed by atoms with Gasteiger partial charge in [0.25, 0.3) is 0 Å². The van der Waals surface area contributed by atoms with E-state index in [0.29, 0.717) is 25.4 Å². The van der Waals surface area contributed by atoms with Gasteiger partial charge >= 0.3 is 12.1 Å². The quantitative estimate of drug-likeness (QED) is 0.255. The molecule has 4 rings (SSSR count). The summed E-state index contributed by atoms with van der Waals surface area (Å²) in [6, 6.07) is 12.0. The van der Waals surface area contributed by atoms with E-state index in [1.807, 2.05) is 35.2 Å². The van der Waals surface area contributed by atoms with E-state index >= 15 is 0 Å². The maximum absolute atomic E-state index is 14.0. The Morgan fingerprint density at radius 2 is 1.86 bits per heavy atom. The Balaban J connectivity index is 1.33. The number of alkyl halides is 3. The summed E-state index contributed by atoms with van der Waals surface area (Å²) in [5.74, 6) is -1.01. The predicted molar refractivity (Wildman–Crippen MR) is 155 cm³/mol. The van der Waals surface area contributed by atoms with Crippen LogP contribution in [0.4, 0.5) is 19.0 Å². The average Bonchev–Trinajstić information content (AvgIpc) is 3.00. The zero-order chi connectivity index (χ0) is 30.7. The third kappa shape index (κ3) is 9.06. The van der Waals surface area contributed by atoms with Crippen LogP contribution >= 0.6 is 0 Å². The number of anilines is 1. The number of fused-ring (bicyclic) bond motifs is 1. The van der Waals surface area contributed by atoms with Gasteiger partial charge in [-0.2, -0.15) is 13.2 Å². The van der Waals surface area contributed by atoms with E-state index < -0.39 is 42.4 Å². The Bertz CT molecular complexity index is 1190. The monoisotopic (exact) mass is 606 g/mol. The van der Waals surface area contributed by atoms with Crippen molar-refractivity contribution in [3.63, 3.8) is 0 Å². The number of nitrogens with one attached hydrogen (secondary N) is 2. The third-order valence-corrected chi connectivity index (χ3v) is 8.19. The van der Waals surface area contributed by atoms with Crippen LogP contribution < -0.4 is 15.4 Å². The van der Waals surface area contributed by atoms with Crippen LogP contribution in [0.3, 0.4) is 0 Å². The number of carbonyl (C=O) groups excluding carboxylic acids is 1. The Hall–Kier alpha value is -3.38. The summed E-state index contributed by atoms with van der Waals surface area (Å²) in [4.78, 5) is 31.7. The van der Waals surface area contributed by atoms with Crippen molar-refractivity contribution in [3.8, 4) is 5.75 Å². The number of aromatic nitrogens is 1. The Labute approximate surface area is 250 Å². The average molecular weight is 607 g/mol. The molecule has 2 aliphatic rings. The van der Waals surface area contributed by atoms with Gasteiger partial charge in [-0.15, -0.1) is 0 Å². The summed E-state index contributed by atoms with van der Waals surface area (Å²) >= 11 is 0. The van der Waals surface area contributed by atoms with Gasteiger partial charge in [0.15, 0.2) is 0 Å². The van der Waals surface area contributed by atoms with E-state index in [0.717, 1.165) is 50.2 Å². The molecule has 1 aromatic carbocycles. The maximum atomic E-state index is 14.0. The summed E-state index contributed by atoms with van der Waals surface area (Å²) in [5, 5.41) is 15.3. The molecule has 0 saturated carbocycles. The smallest absolute Gasteiger partial charge is 0.403 e. The number of aryl methyl sites for hydroxylation is 2. The number of unbranched alkanes of at least 4 members (excludes halogenated alkanes) is 1. The van der Waals surface area contributed by atoms with Crippen LogP contribution in [0.25, 0.3) is 0 Å². The van der Waals surface area contributed by atoms with E-state index in [2.05, 4.69) is 22.8 Å². The van der Waals surface area contributed by atoms with Crippen LogP contribution in [0, 0.1) is 5.41 Å². The largest absolute Gasteiger partial charge is 0.492 e. The van der Waals surface area contributed by atoms with Crippen LogP contribution in [0.5, 0.6) is 5.75 Å². The molecule has 1 aromatic heterocycles. The fourth-order valence-electron chi connectivity index (χ4n) is 5.52. The van der Waals surface area contributed by atoms with Crippen LogP contribution in [0.1, 0.15) is 49.8 Å². The zero-order valence-corrected chi connectivity index (χ0v) is 24.3. The van der Waals surface area contributed by atoms with Crippen molar-refractivity contribution in [2.45, 2.75) is 63.6 Å². The second-order valence-electron chi connectivity index (χ2n) is 11.1. The van der Waals surface area contributed by atoms with Crippen LogP contribution in [0.15, 0.2) is 42.5 Å². The number of carbonyl (C=O) groups is 2. The highest BCUT2D eigenvalue weighted by atomic mass is 19.4. The number of carboxylic acids is 1. The SMILES string of the molecule is O=C(O)C(CCN(CCCCc1ccc2c(n1)NCCC2)CCOc1ccccc1)NC(=O)C1(C(F)(F)F)CCOCC1. The molecule has 0 radical (unpaired) electrons. The van der Waals surface area contributed by atoms with Gasteiger partial charge < -0.3 is 25.2 Å². The standard InChI is InChI=1S/C31H41F3N4O5/c32-31(33,34)30(14-20-42-21-15-30)29(41)37-26(28(39)40)13-18-38(19-22-43-25-9-2-1-3-10-25)17-5-4-8-24-12-11-23-7-6-16-35-27(23)36-24/h1-3,9-12,26H,4-8,13-22H2,(H,35,36)(H,37,41)(H,39,40). The van der Waals surface area contributed by atoms with Crippen molar-refractivity contribution < 1.29 is 37.3 Å². The second-order valence-corrected chi connectivity index (χ2v) is 11.1. The molecule has 2 aliphatic heterocycles. The van der Waals surface area contributed by atoms with E-state index in [1.165, 1.54) is 5.56 Å². The van der Waals surface area contributed by atoms with Gasteiger partial charge in [-0.1, -0.05) is 24.3 Å². The number of hydrogen-bond acceptors (Lipinski definition) is 7. The molecule has 1 atom stereocenters. The first kappa shape index (κ1) is 32.5. The van der Waals surface area contributed by atoms with Crippen molar-refractivity contribution in [3.05, 3.63) is 53.7 Å². The molecule has 3 heterocycles. The highest BCUT2D eigenvalue weighted by Gasteiger charge is 2.60. The number of rotatable bonds is 15. The first-order valence-electron chi connectivity index (χ1n) is 15.0. The molecule has 2 aromatic rings. The van der Waals surface area contributed by atoms with Gasteiger partial charge in [0.05, 0.1) is 0 Å². The summed E-state index contributed by atoms with van der Waals surface area (Å²) in [6.45, 7) is 2.23. The van der Waals surface area contributed by atoms with Gasteiger partial charge in [0.1, 0.15) is 29.6 Å². The number of amides is 1. The minimum Gasteiger partial charge on any atom is -0.492 e. The van der Waals surface area contributed by atoms with E-state index in [9.17, 15) is 27.9 Å². The molecule has 1 saturated heterocycles. The van der Waals surface area contributed by atoms with Crippen LogP contribution in [-0.4, -0.2) is 85.1 Å². The normalized spacial score (nSPS) is 17.0. The zero-order valence-electron chi connectivity index (χ0n) is 24.3. The summed E-state index contributed by atoms with van der Waals surface area (Å²) in [7, 11) is 0. The lowest BCUT2D eigenvalue weighted by Crippen LogP contribution is -2.57. The highest BCUT2D eigenvalue weighted by molar-refractivity contribution is 5.88. The van der Waals surface area contributed by atoms with Gasteiger partial charge in [-0.25, -0.2) is 9.78 Å².